The molecular weight excluding hydrogens is 208 g/mol. The van der Waals surface area contributed by atoms with Crippen LogP contribution in [0.25, 0.3) is 0 Å². The van der Waals surface area contributed by atoms with Gasteiger partial charge in [0.15, 0.2) is 0 Å². The topological polar surface area (TPSA) is 75.8 Å². The number of hydrogen-bond acceptors (Lipinski definition) is 4. The van der Waals surface area contributed by atoms with Gasteiger partial charge in [-0.3, -0.25) is 4.79 Å². The van der Waals surface area contributed by atoms with Crippen molar-refractivity contribution in [1.82, 2.24) is 4.90 Å². The predicted octanol–water partition coefficient (Wildman–Crippen LogP) is -0.667. The Morgan fingerprint density at radius 2 is 2.31 bits per heavy atom. The normalized spacial score (nSPS) is 27.9. The lowest BCUT2D eigenvalue weighted by Crippen LogP contribution is -2.51. The molecule has 2 fully saturated rings. The Labute approximate surface area is 95.5 Å². The molecule has 0 aromatic heterocycles. The van der Waals surface area contributed by atoms with Gasteiger partial charge in [0.1, 0.15) is 0 Å². The van der Waals surface area contributed by atoms with Gasteiger partial charge in [0.2, 0.25) is 5.91 Å². The molecule has 1 aliphatic heterocycles. The van der Waals surface area contributed by atoms with E-state index in [1.165, 1.54) is 0 Å². The van der Waals surface area contributed by atoms with Gasteiger partial charge in [0.25, 0.3) is 0 Å². The van der Waals surface area contributed by atoms with E-state index in [-0.39, 0.29) is 24.6 Å². The van der Waals surface area contributed by atoms with Crippen LogP contribution in [0.4, 0.5) is 0 Å². The van der Waals surface area contributed by atoms with Crippen LogP contribution in [-0.4, -0.2) is 54.4 Å². The van der Waals surface area contributed by atoms with Crippen LogP contribution >= 0.6 is 0 Å². The van der Waals surface area contributed by atoms with Crippen LogP contribution in [0.2, 0.25) is 0 Å². The second-order valence-corrected chi connectivity index (χ2v) is 4.70. The van der Waals surface area contributed by atoms with Gasteiger partial charge in [-0.25, -0.2) is 0 Å². The van der Waals surface area contributed by atoms with Crippen molar-refractivity contribution < 1.29 is 14.6 Å². The fourth-order valence-corrected chi connectivity index (χ4v) is 2.14. The lowest BCUT2D eigenvalue weighted by atomic mass is 10.1. The first-order valence-electron chi connectivity index (χ1n) is 5.96. The maximum absolute atomic E-state index is 12.0. The molecule has 2 rings (SSSR count). The Kier molecular flexibility index (Phi) is 3.78. The molecule has 2 unspecified atom stereocenters. The number of ether oxygens (including phenoxy) is 1. The van der Waals surface area contributed by atoms with E-state index >= 15 is 0 Å². The van der Waals surface area contributed by atoms with Gasteiger partial charge >= 0.3 is 0 Å². The van der Waals surface area contributed by atoms with Crippen LogP contribution in [0, 0.1) is 5.92 Å². The highest BCUT2D eigenvalue weighted by Crippen LogP contribution is 2.33. The Morgan fingerprint density at radius 3 is 2.94 bits per heavy atom. The van der Waals surface area contributed by atoms with E-state index < -0.39 is 0 Å². The molecule has 0 aromatic carbocycles. The van der Waals surface area contributed by atoms with Gasteiger partial charge in [-0.1, -0.05) is 0 Å². The maximum Gasteiger partial charge on any atom is 0.224 e. The van der Waals surface area contributed by atoms with E-state index in [9.17, 15) is 4.79 Å². The smallest absolute Gasteiger partial charge is 0.224 e. The molecule has 16 heavy (non-hydrogen) atoms. The third kappa shape index (κ3) is 2.72. The summed E-state index contributed by atoms with van der Waals surface area (Å²) in [6.45, 7) is 1.52. The Balaban J connectivity index is 1.85. The van der Waals surface area contributed by atoms with Crippen molar-refractivity contribution in [3.8, 4) is 0 Å². The van der Waals surface area contributed by atoms with Crippen molar-refractivity contribution in [2.24, 2.45) is 11.7 Å². The van der Waals surface area contributed by atoms with Gasteiger partial charge in [0, 0.05) is 19.0 Å². The number of carbonyl (C=O) groups excluding carboxylic acids is 1. The first-order valence-corrected chi connectivity index (χ1v) is 5.96. The molecule has 0 spiro atoms. The zero-order chi connectivity index (χ0) is 11.5. The van der Waals surface area contributed by atoms with Gasteiger partial charge in [-0.2, -0.15) is 0 Å². The number of morpholine rings is 1. The minimum Gasteiger partial charge on any atom is -0.394 e. The first-order chi connectivity index (χ1) is 7.72. The second-order valence-electron chi connectivity index (χ2n) is 4.70. The van der Waals surface area contributed by atoms with Crippen LogP contribution in [0.5, 0.6) is 0 Å². The molecule has 2 atom stereocenters. The maximum atomic E-state index is 12.0. The lowest BCUT2D eigenvalue weighted by molar-refractivity contribution is -0.142. The molecule has 1 amide bonds. The van der Waals surface area contributed by atoms with E-state index in [0.717, 1.165) is 12.8 Å². The van der Waals surface area contributed by atoms with E-state index in [4.69, 9.17) is 15.6 Å². The lowest BCUT2D eigenvalue weighted by Gasteiger charge is -2.35. The van der Waals surface area contributed by atoms with Crippen molar-refractivity contribution >= 4 is 5.91 Å². The Hall–Kier alpha value is -0.650. The van der Waals surface area contributed by atoms with E-state index in [2.05, 4.69) is 0 Å². The fourth-order valence-electron chi connectivity index (χ4n) is 2.14. The highest BCUT2D eigenvalue weighted by Gasteiger charge is 2.33. The summed E-state index contributed by atoms with van der Waals surface area (Å²) in [5.41, 5.74) is 5.93. The Morgan fingerprint density at radius 1 is 1.56 bits per heavy atom. The third-order valence-corrected chi connectivity index (χ3v) is 3.40. The number of nitrogens with two attached hydrogens (primary N) is 1. The summed E-state index contributed by atoms with van der Waals surface area (Å²) in [5.74, 6) is 0.597. The minimum atomic E-state index is -0.187. The number of amides is 1. The number of rotatable bonds is 4. The average Bonchev–Trinajstić information content (AvgIpc) is 3.12. The van der Waals surface area contributed by atoms with Gasteiger partial charge in [0.05, 0.1) is 25.9 Å². The molecule has 2 aliphatic rings. The molecular formula is C11H20N2O3. The third-order valence-electron chi connectivity index (χ3n) is 3.40. The number of carbonyl (C=O) groups is 1. The molecule has 1 saturated carbocycles. The number of aliphatic hydroxyl groups excluding tert-OH is 1. The van der Waals surface area contributed by atoms with Crippen LogP contribution in [0.15, 0.2) is 0 Å². The van der Waals surface area contributed by atoms with Crippen LogP contribution in [-0.2, 0) is 9.53 Å². The largest absolute Gasteiger partial charge is 0.394 e. The van der Waals surface area contributed by atoms with Crippen LogP contribution in [0.3, 0.4) is 0 Å². The van der Waals surface area contributed by atoms with Gasteiger partial charge in [-0.05, 0) is 18.8 Å². The molecule has 5 nitrogen and oxygen atoms in total. The van der Waals surface area contributed by atoms with E-state index in [1.54, 1.807) is 4.90 Å². The molecule has 1 aliphatic carbocycles. The van der Waals surface area contributed by atoms with Crippen molar-refractivity contribution in [2.75, 3.05) is 26.4 Å². The van der Waals surface area contributed by atoms with Crippen molar-refractivity contribution in [3.63, 3.8) is 0 Å². The first kappa shape index (κ1) is 11.8. The molecule has 92 valence electrons. The molecule has 1 heterocycles. The van der Waals surface area contributed by atoms with Crippen LogP contribution < -0.4 is 5.73 Å². The summed E-state index contributed by atoms with van der Waals surface area (Å²) in [6.07, 6.45) is 2.71. The monoisotopic (exact) mass is 228 g/mol. The van der Waals surface area contributed by atoms with Gasteiger partial charge < -0.3 is 20.5 Å². The summed E-state index contributed by atoms with van der Waals surface area (Å²) >= 11 is 0. The summed E-state index contributed by atoms with van der Waals surface area (Å²) in [4.78, 5) is 13.7. The number of nitrogens with zero attached hydrogens (tertiary/aromatic N) is 1. The van der Waals surface area contributed by atoms with Crippen molar-refractivity contribution in [1.29, 1.82) is 0 Å². The summed E-state index contributed by atoms with van der Waals surface area (Å²) in [5, 5.41) is 9.16. The molecule has 0 bridgehead atoms. The minimum absolute atomic E-state index is 0.00492. The average molecular weight is 228 g/mol. The zero-order valence-corrected chi connectivity index (χ0v) is 9.47. The van der Waals surface area contributed by atoms with Crippen molar-refractivity contribution in [2.45, 2.75) is 31.3 Å². The SMILES string of the molecule is NC(CC(=O)N1CCOCC1CO)C1CC1. The highest BCUT2D eigenvalue weighted by molar-refractivity contribution is 5.77. The number of aliphatic hydroxyl groups is 1. The predicted molar refractivity (Wildman–Crippen MR) is 58.7 cm³/mol. The highest BCUT2D eigenvalue weighted by atomic mass is 16.5. The molecule has 0 radical (unpaired) electrons. The second kappa shape index (κ2) is 5.12. The van der Waals surface area contributed by atoms with E-state index in [0.29, 0.717) is 32.1 Å². The fraction of sp³-hybridized carbons (Fsp3) is 0.909. The molecule has 0 aromatic rings. The standard InChI is InChI=1S/C11H20N2O3/c12-10(8-1-2-8)5-11(15)13-3-4-16-7-9(13)6-14/h8-10,14H,1-7,12H2. The number of hydrogen-bond donors (Lipinski definition) is 2. The summed E-state index contributed by atoms with van der Waals surface area (Å²) < 4.78 is 5.23. The summed E-state index contributed by atoms with van der Waals surface area (Å²) in [6, 6.07) is -0.192. The van der Waals surface area contributed by atoms with E-state index in [1.807, 2.05) is 0 Å². The quantitative estimate of drug-likeness (QED) is 0.669. The van der Waals surface area contributed by atoms with Crippen LogP contribution in [0.1, 0.15) is 19.3 Å². The molecule has 5 heteroatoms. The van der Waals surface area contributed by atoms with Crippen molar-refractivity contribution in [3.05, 3.63) is 0 Å². The summed E-state index contributed by atoms with van der Waals surface area (Å²) in [7, 11) is 0. The molecule has 1 saturated heterocycles. The van der Waals surface area contributed by atoms with Gasteiger partial charge in [-0.15, -0.1) is 0 Å². The molecule has 3 N–H and O–H groups in total. The Bertz CT molecular complexity index is 256. The zero-order valence-electron chi connectivity index (χ0n) is 9.47.